The van der Waals surface area contributed by atoms with Crippen LogP contribution in [0.4, 0.5) is 10.1 Å². The van der Waals surface area contributed by atoms with E-state index in [1.165, 1.54) is 16.8 Å². The maximum atomic E-state index is 13.0. The number of anilines is 1. The van der Waals surface area contributed by atoms with Crippen molar-refractivity contribution < 1.29 is 13.9 Å². The Hall–Kier alpha value is -2.74. The molecule has 0 aliphatic carbocycles. The van der Waals surface area contributed by atoms with Crippen LogP contribution in [-0.2, 0) is 4.74 Å². The largest absolute Gasteiger partial charge is 0.371 e. The molecule has 2 heterocycles. The number of rotatable bonds is 4. The normalized spacial score (nSPS) is 16.2. The summed E-state index contributed by atoms with van der Waals surface area (Å²) in [5.41, 5.74) is 2.72. The van der Waals surface area contributed by atoms with E-state index in [1.807, 2.05) is 24.3 Å². The van der Waals surface area contributed by atoms with Crippen molar-refractivity contribution >= 4 is 24.0 Å². The average Bonchev–Trinajstić information content (AvgIpc) is 3.20. The number of morpholine rings is 1. The highest BCUT2D eigenvalue weighted by Crippen LogP contribution is 2.21. The van der Waals surface area contributed by atoms with Crippen molar-refractivity contribution in [3.63, 3.8) is 0 Å². The van der Waals surface area contributed by atoms with Gasteiger partial charge >= 0.3 is 0 Å². The SMILES string of the molecule is Cl.O=C(Nc1ccc(C2CNCCO2)cc1)c1ccn(-c2ccc(F)cc2)n1. The molecule has 28 heavy (non-hydrogen) atoms. The van der Waals surface area contributed by atoms with Gasteiger partial charge < -0.3 is 15.4 Å². The number of halogens is 2. The van der Waals surface area contributed by atoms with Gasteiger partial charge in [-0.1, -0.05) is 12.1 Å². The number of aromatic nitrogens is 2. The fourth-order valence-electron chi connectivity index (χ4n) is 2.94. The van der Waals surface area contributed by atoms with E-state index in [9.17, 15) is 9.18 Å². The topological polar surface area (TPSA) is 68.2 Å². The monoisotopic (exact) mass is 402 g/mol. The van der Waals surface area contributed by atoms with E-state index < -0.39 is 0 Å². The van der Waals surface area contributed by atoms with Gasteiger partial charge in [0.15, 0.2) is 5.69 Å². The maximum absolute atomic E-state index is 13.0. The lowest BCUT2D eigenvalue weighted by Crippen LogP contribution is -2.33. The first-order valence-electron chi connectivity index (χ1n) is 8.74. The maximum Gasteiger partial charge on any atom is 0.276 e. The first-order valence-corrected chi connectivity index (χ1v) is 8.74. The summed E-state index contributed by atoms with van der Waals surface area (Å²) in [6, 6.07) is 15.1. The minimum atomic E-state index is -0.318. The molecule has 4 rings (SSSR count). The van der Waals surface area contributed by atoms with Gasteiger partial charge in [0.25, 0.3) is 5.91 Å². The van der Waals surface area contributed by atoms with Crippen LogP contribution in [0.5, 0.6) is 0 Å². The Morgan fingerprint density at radius 3 is 2.57 bits per heavy atom. The van der Waals surface area contributed by atoms with Crippen LogP contribution in [-0.4, -0.2) is 35.4 Å². The highest BCUT2D eigenvalue weighted by atomic mass is 35.5. The molecular formula is C20H20ClFN4O2. The zero-order valence-electron chi connectivity index (χ0n) is 15.0. The predicted octanol–water partition coefficient (Wildman–Crippen LogP) is 3.35. The van der Waals surface area contributed by atoms with Crippen molar-refractivity contribution in [2.75, 3.05) is 25.0 Å². The van der Waals surface area contributed by atoms with Crippen molar-refractivity contribution in [1.29, 1.82) is 0 Å². The smallest absolute Gasteiger partial charge is 0.276 e. The lowest BCUT2D eigenvalue weighted by molar-refractivity contribution is 0.0277. The Labute approximate surface area is 168 Å². The van der Waals surface area contributed by atoms with Crippen molar-refractivity contribution in [2.45, 2.75) is 6.10 Å². The Morgan fingerprint density at radius 2 is 1.89 bits per heavy atom. The summed E-state index contributed by atoms with van der Waals surface area (Å²) in [6.45, 7) is 2.35. The number of benzene rings is 2. The van der Waals surface area contributed by atoms with E-state index >= 15 is 0 Å². The lowest BCUT2D eigenvalue weighted by atomic mass is 10.1. The standard InChI is InChI=1S/C20H19FN4O2.ClH/c21-15-3-7-17(8-4-15)25-11-9-18(24-25)20(26)23-16-5-1-14(2-6-16)19-13-22-10-12-27-19;/h1-9,11,19,22H,10,12-13H2,(H,23,26);1H. The van der Waals surface area contributed by atoms with Crippen molar-refractivity contribution in [3.8, 4) is 5.69 Å². The van der Waals surface area contributed by atoms with Gasteiger partial charge in [-0.2, -0.15) is 5.10 Å². The van der Waals surface area contributed by atoms with Crippen molar-refractivity contribution in [3.05, 3.63) is 77.9 Å². The molecule has 8 heteroatoms. The quantitative estimate of drug-likeness (QED) is 0.702. The van der Waals surface area contributed by atoms with Gasteiger partial charge in [-0.3, -0.25) is 4.79 Å². The number of amides is 1. The molecule has 0 saturated carbocycles. The molecule has 1 fully saturated rings. The second-order valence-electron chi connectivity index (χ2n) is 6.26. The Bertz CT molecular complexity index is 922. The van der Waals surface area contributed by atoms with E-state index in [0.717, 1.165) is 18.7 Å². The van der Waals surface area contributed by atoms with E-state index in [2.05, 4.69) is 15.7 Å². The van der Waals surface area contributed by atoms with E-state index in [0.29, 0.717) is 18.0 Å². The summed E-state index contributed by atoms with van der Waals surface area (Å²) in [5, 5.41) is 10.4. The molecule has 1 saturated heterocycles. The zero-order chi connectivity index (χ0) is 18.6. The van der Waals surface area contributed by atoms with Gasteiger partial charge in [-0.05, 0) is 48.0 Å². The number of ether oxygens (including phenoxy) is 1. The van der Waals surface area contributed by atoms with Gasteiger partial charge in [0, 0.05) is 25.0 Å². The summed E-state index contributed by atoms with van der Waals surface area (Å²) in [7, 11) is 0. The molecule has 1 unspecified atom stereocenters. The van der Waals surface area contributed by atoms with Gasteiger partial charge in [0.2, 0.25) is 0 Å². The van der Waals surface area contributed by atoms with Crippen LogP contribution in [0.15, 0.2) is 60.8 Å². The van der Waals surface area contributed by atoms with Crippen LogP contribution >= 0.6 is 12.4 Å². The third-order valence-corrected chi connectivity index (χ3v) is 4.38. The fraction of sp³-hybridized carbons (Fsp3) is 0.200. The Kier molecular flexibility index (Phi) is 6.41. The first kappa shape index (κ1) is 20.0. The zero-order valence-corrected chi connectivity index (χ0v) is 15.8. The Morgan fingerprint density at radius 1 is 1.14 bits per heavy atom. The summed E-state index contributed by atoms with van der Waals surface area (Å²) in [5.74, 6) is -0.624. The average molecular weight is 403 g/mol. The molecule has 1 atom stereocenters. The molecular weight excluding hydrogens is 383 g/mol. The van der Waals surface area contributed by atoms with Crippen LogP contribution in [0.2, 0.25) is 0 Å². The molecule has 6 nitrogen and oxygen atoms in total. The minimum Gasteiger partial charge on any atom is -0.371 e. The lowest BCUT2D eigenvalue weighted by Gasteiger charge is -2.24. The molecule has 1 amide bonds. The summed E-state index contributed by atoms with van der Waals surface area (Å²) in [4.78, 5) is 12.4. The van der Waals surface area contributed by atoms with Crippen LogP contribution in [0.1, 0.15) is 22.2 Å². The highest BCUT2D eigenvalue weighted by Gasteiger charge is 2.16. The summed E-state index contributed by atoms with van der Waals surface area (Å²) >= 11 is 0. The number of hydrogen-bond acceptors (Lipinski definition) is 4. The number of carbonyl (C=O) groups excluding carboxylic acids is 1. The summed E-state index contributed by atoms with van der Waals surface area (Å²) in [6.07, 6.45) is 1.70. The third-order valence-electron chi connectivity index (χ3n) is 4.38. The first-order chi connectivity index (χ1) is 13.2. The molecule has 1 aliphatic heterocycles. The molecule has 0 radical (unpaired) electrons. The van der Waals surface area contributed by atoms with Gasteiger partial charge in [-0.25, -0.2) is 9.07 Å². The predicted molar refractivity (Wildman–Crippen MR) is 107 cm³/mol. The van der Waals surface area contributed by atoms with Crippen LogP contribution in [0.3, 0.4) is 0 Å². The minimum absolute atomic E-state index is 0. The van der Waals surface area contributed by atoms with Crippen molar-refractivity contribution in [1.82, 2.24) is 15.1 Å². The van der Waals surface area contributed by atoms with E-state index in [1.54, 1.807) is 24.4 Å². The van der Waals surface area contributed by atoms with Crippen LogP contribution in [0.25, 0.3) is 5.69 Å². The molecule has 1 aliphatic rings. The number of nitrogens with zero attached hydrogens (tertiary/aromatic N) is 2. The van der Waals surface area contributed by atoms with Crippen molar-refractivity contribution in [2.24, 2.45) is 0 Å². The molecule has 1 aromatic heterocycles. The number of hydrogen-bond donors (Lipinski definition) is 2. The van der Waals surface area contributed by atoms with E-state index in [4.69, 9.17) is 4.74 Å². The molecule has 146 valence electrons. The van der Waals surface area contributed by atoms with Gasteiger partial charge in [0.05, 0.1) is 18.4 Å². The number of carbonyl (C=O) groups is 1. The molecule has 3 aromatic rings. The van der Waals surface area contributed by atoms with E-state index in [-0.39, 0.29) is 35.9 Å². The molecule has 0 spiro atoms. The van der Waals surface area contributed by atoms with Gasteiger partial charge in [0.1, 0.15) is 5.82 Å². The fourth-order valence-corrected chi connectivity index (χ4v) is 2.94. The highest BCUT2D eigenvalue weighted by molar-refractivity contribution is 6.02. The van der Waals surface area contributed by atoms with Crippen LogP contribution in [0, 0.1) is 5.82 Å². The Balaban J connectivity index is 0.00000225. The molecule has 2 aromatic carbocycles. The molecule has 0 bridgehead atoms. The third kappa shape index (κ3) is 4.56. The van der Waals surface area contributed by atoms with Gasteiger partial charge in [-0.15, -0.1) is 12.4 Å². The molecule has 2 N–H and O–H groups in total. The second kappa shape index (κ2) is 8.97. The number of nitrogens with one attached hydrogen (secondary N) is 2. The summed E-state index contributed by atoms with van der Waals surface area (Å²) < 4.78 is 20.3. The van der Waals surface area contributed by atoms with Crippen LogP contribution < -0.4 is 10.6 Å². The second-order valence-corrected chi connectivity index (χ2v) is 6.26.